The van der Waals surface area contributed by atoms with Crippen LogP contribution < -0.4 is 10.6 Å². The third-order valence-corrected chi connectivity index (χ3v) is 10.5. The van der Waals surface area contributed by atoms with E-state index < -0.39 is 29.6 Å². The van der Waals surface area contributed by atoms with Gasteiger partial charge in [-0.3, -0.25) is 19.3 Å². The Morgan fingerprint density at radius 2 is 1.83 bits per heavy atom. The summed E-state index contributed by atoms with van der Waals surface area (Å²) in [5.41, 5.74) is 1.78. The van der Waals surface area contributed by atoms with Crippen LogP contribution in [-0.4, -0.2) is 90.7 Å². The minimum absolute atomic E-state index is 0.0596. The predicted octanol–water partition coefficient (Wildman–Crippen LogP) is 2.67. The summed E-state index contributed by atoms with van der Waals surface area (Å²) < 4.78 is 12.0. The quantitative estimate of drug-likeness (QED) is 0.494. The molecule has 4 heterocycles. The first-order valence-corrected chi connectivity index (χ1v) is 15.4. The predicted molar refractivity (Wildman–Crippen MR) is 155 cm³/mol. The summed E-state index contributed by atoms with van der Waals surface area (Å²) in [4.78, 5) is 46.1. The maximum atomic E-state index is 14.2. The zero-order chi connectivity index (χ0) is 28.9. The topological polar surface area (TPSA) is 100 Å². The monoisotopic (exact) mass is 564 g/mol. The molecule has 3 saturated heterocycles. The van der Waals surface area contributed by atoms with Crippen LogP contribution in [-0.2, 0) is 23.9 Å². The van der Waals surface area contributed by atoms with Gasteiger partial charge in [-0.2, -0.15) is 0 Å². The number of carbonyl (C=O) groups is 3. The Hall–Kier alpha value is -2.75. The number of benzene rings is 1. The van der Waals surface area contributed by atoms with E-state index >= 15 is 0 Å². The van der Waals surface area contributed by atoms with Crippen LogP contribution >= 0.6 is 0 Å². The smallest absolute Gasteiger partial charge is 0.246 e. The van der Waals surface area contributed by atoms with Crippen LogP contribution in [0.3, 0.4) is 0 Å². The molecule has 1 aliphatic carbocycles. The molecule has 41 heavy (non-hydrogen) atoms. The second-order valence-corrected chi connectivity index (χ2v) is 12.9. The number of nitrogens with one attached hydrogen (secondary N) is 2. The van der Waals surface area contributed by atoms with Crippen molar-refractivity contribution in [3.8, 4) is 0 Å². The van der Waals surface area contributed by atoms with Crippen LogP contribution in [0, 0.1) is 37.5 Å². The molecule has 0 radical (unpaired) electrons. The van der Waals surface area contributed by atoms with Crippen molar-refractivity contribution in [2.24, 2.45) is 23.7 Å². The largest absolute Gasteiger partial charge is 0.379 e. The van der Waals surface area contributed by atoms with Gasteiger partial charge in [-0.1, -0.05) is 44.9 Å². The summed E-state index contributed by atoms with van der Waals surface area (Å²) in [5, 5.41) is 6.37. The van der Waals surface area contributed by atoms with E-state index in [-0.39, 0.29) is 23.8 Å². The highest BCUT2D eigenvalue weighted by Crippen LogP contribution is 2.55. The van der Waals surface area contributed by atoms with Crippen molar-refractivity contribution < 1.29 is 23.9 Å². The fraction of sp³-hybridized carbons (Fsp3) is 0.656. The summed E-state index contributed by atoms with van der Waals surface area (Å²) in [6.07, 6.45) is 6.41. The van der Waals surface area contributed by atoms with Crippen molar-refractivity contribution in [1.29, 1.82) is 0 Å². The number of fused-ring (bicyclic) bond motifs is 1. The molecule has 4 fully saturated rings. The molecule has 5 aliphatic rings. The highest BCUT2D eigenvalue weighted by Gasteiger charge is 2.72. The number of rotatable bonds is 7. The molecule has 1 aromatic rings. The molecule has 8 atom stereocenters. The lowest BCUT2D eigenvalue weighted by atomic mass is 9.73. The van der Waals surface area contributed by atoms with Crippen molar-refractivity contribution in [2.45, 2.75) is 70.7 Å². The molecule has 3 amide bonds. The molecule has 9 heteroatoms. The number of ether oxygens (including phenoxy) is 2. The van der Waals surface area contributed by atoms with E-state index in [1.165, 1.54) is 0 Å². The third kappa shape index (κ3) is 5.00. The Bertz CT molecular complexity index is 1230. The third-order valence-electron chi connectivity index (χ3n) is 10.5. The van der Waals surface area contributed by atoms with Gasteiger partial charge in [0.05, 0.1) is 31.2 Å². The van der Waals surface area contributed by atoms with Crippen molar-refractivity contribution in [1.82, 2.24) is 15.1 Å². The molecular formula is C32H44N4O5. The van der Waals surface area contributed by atoms with E-state index in [2.05, 4.69) is 29.4 Å². The summed E-state index contributed by atoms with van der Waals surface area (Å²) in [6.45, 7) is 12.5. The van der Waals surface area contributed by atoms with E-state index in [1.807, 2.05) is 44.2 Å². The van der Waals surface area contributed by atoms with Crippen LogP contribution in [0.25, 0.3) is 0 Å². The van der Waals surface area contributed by atoms with Crippen LogP contribution in [0.1, 0.15) is 44.2 Å². The van der Waals surface area contributed by atoms with Crippen LogP contribution in [0.2, 0.25) is 0 Å². The van der Waals surface area contributed by atoms with Crippen LogP contribution in [0.15, 0.2) is 30.4 Å². The fourth-order valence-corrected chi connectivity index (χ4v) is 7.67. The average molecular weight is 565 g/mol. The number of hydrogen-bond donors (Lipinski definition) is 2. The molecular weight excluding hydrogens is 520 g/mol. The maximum Gasteiger partial charge on any atom is 0.246 e. The fourth-order valence-electron chi connectivity index (χ4n) is 7.67. The summed E-state index contributed by atoms with van der Waals surface area (Å²) >= 11 is 0. The SMILES string of the molecule is Cc1ccc(NC(=O)[C@H]2[C@H]3C=C[C@@]4(O3)[C@H]2C(=O)N(CCN2CCOCC2)[C@@H]4C(=O)N[C@@H]2CCC[C@H](C)[C@@H]2C)cc1C. The summed E-state index contributed by atoms with van der Waals surface area (Å²) in [6, 6.07) is 5.05. The van der Waals surface area contributed by atoms with E-state index in [0.717, 1.165) is 43.5 Å². The van der Waals surface area contributed by atoms with Crippen molar-refractivity contribution >= 4 is 23.4 Å². The summed E-state index contributed by atoms with van der Waals surface area (Å²) in [7, 11) is 0. The second kappa shape index (κ2) is 11.2. The van der Waals surface area contributed by atoms with Gasteiger partial charge in [0, 0.05) is 37.9 Å². The maximum absolute atomic E-state index is 14.2. The molecule has 1 spiro atoms. The molecule has 4 aliphatic heterocycles. The van der Waals surface area contributed by atoms with E-state index in [0.29, 0.717) is 43.8 Å². The lowest BCUT2D eigenvalue weighted by Gasteiger charge is -2.38. The molecule has 1 saturated carbocycles. The Balaban J connectivity index is 1.27. The van der Waals surface area contributed by atoms with Gasteiger partial charge in [0.2, 0.25) is 17.7 Å². The lowest BCUT2D eigenvalue weighted by molar-refractivity contribution is -0.142. The number of carbonyl (C=O) groups excluding carboxylic acids is 3. The zero-order valence-corrected chi connectivity index (χ0v) is 24.7. The van der Waals surface area contributed by atoms with Gasteiger partial charge in [-0.05, 0) is 55.4 Å². The Kier molecular flexibility index (Phi) is 7.72. The average Bonchev–Trinajstić information content (AvgIpc) is 3.60. The number of hydrogen-bond acceptors (Lipinski definition) is 6. The number of anilines is 1. The first kappa shape index (κ1) is 28.4. The van der Waals surface area contributed by atoms with Crippen molar-refractivity contribution in [3.05, 3.63) is 41.5 Å². The first-order chi connectivity index (χ1) is 19.7. The second-order valence-electron chi connectivity index (χ2n) is 12.9. The van der Waals surface area contributed by atoms with E-state index in [4.69, 9.17) is 9.47 Å². The van der Waals surface area contributed by atoms with Gasteiger partial charge in [-0.15, -0.1) is 0 Å². The zero-order valence-electron chi connectivity index (χ0n) is 24.7. The highest BCUT2D eigenvalue weighted by atomic mass is 16.5. The normalized spacial score (nSPS) is 36.4. The van der Waals surface area contributed by atoms with Crippen LogP contribution in [0.5, 0.6) is 0 Å². The van der Waals surface area contributed by atoms with Gasteiger partial charge in [0.1, 0.15) is 11.6 Å². The van der Waals surface area contributed by atoms with Crippen LogP contribution in [0.4, 0.5) is 5.69 Å². The number of nitrogens with zero attached hydrogens (tertiary/aromatic N) is 2. The Labute approximate surface area is 243 Å². The number of aryl methyl sites for hydroxylation is 2. The number of amides is 3. The van der Waals surface area contributed by atoms with Crippen molar-refractivity contribution in [2.75, 3.05) is 44.7 Å². The van der Waals surface area contributed by atoms with Gasteiger partial charge in [0.15, 0.2) is 0 Å². The molecule has 0 unspecified atom stereocenters. The first-order valence-electron chi connectivity index (χ1n) is 15.4. The summed E-state index contributed by atoms with van der Waals surface area (Å²) in [5.74, 6) is -1.15. The lowest BCUT2D eigenvalue weighted by Crippen LogP contribution is -2.58. The minimum Gasteiger partial charge on any atom is -0.379 e. The Morgan fingerprint density at radius 1 is 1.05 bits per heavy atom. The molecule has 0 aromatic heterocycles. The van der Waals surface area contributed by atoms with Gasteiger partial charge in [0.25, 0.3) is 0 Å². The molecule has 2 bridgehead atoms. The highest BCUT2D eigenvalue weighted by molar-refractivity contribution is 6.02. The van der Waals surface area contributed by atoms with Crippen molar-refractivity contribution in [3.63, 3.8) is 0 Å². The Morgan fingerprint density at radius 3 is 2.59 bits per heavy atom. The van der Waals surface area contributed by atoms with Gasteiger partial charge >= 0.3 is 0 Å². The van der Waals surface area contributed by atoms with Gasteiger partial charge < -0.3 is 25.0 Å². The number of likely N-dealkylation sites (tertiary alicyclic amines) is 1. The minimum atomic E-state index is -1.15. The van der Waals surface area contributed by atoms with Gasteiger partial charge in [-0.25, -0.2) is 0 Å². The van der Waals surface area contributed by atoms with E-state index in [9.17, 15) is 14.4 Å². The van der Waals surface area contributed by atoms with E-state index in [1.54, 1.807) is 4.90 Å². The number of morpholine rings is 1. The molecule has 6 rings (SSSR count). The molecule has 9 nitrogen and oxygen atoms in total. The standard InChI is InChI=1S/C32H44N4O5/c1-19-8-9-23(18-21(19)3)33-29(37)26-25-10-11-32(41-25)27(26)31(39)36(13-12-35-14-16-40-17-15-35)28(32)30(38)34-24-7-5-6-20(2)22(24)4/h8-11,18,20,22,24-28H,5-7,12-17H2,1-4H3,(H,33,37)(H,34,38)/t20-,22-,24+,25+,26-,27+,28+,32+/m0/s1. The molecule has 1 aromatic carbocycles. The molecule has 2 N–H and O–H groups in total. The molecule has 222 valence electrons.